The number of hydrogen-bond donors (Lipinski definition) is 2. The summed E-state index contributed by atoms with van der Waals surface area (Å²) in [6, 6.07) is 9.03. The van der Waals surface area contributed by atoms with Crippen LogP contribution < -0.4 is 0 Å². The van der Waals surface area contributed by atoms with Gasteiger partial charge in [0.2, 0.25) is 0 Å². The third kappa shape index (κ3) is 2.30. The number of nitrogens with zero attached hydrogens (tertiary/aromatic N) is 3. The molecule has 0 fully saturated rings. The molecule has 0 bridgehead atoms. The van der Waals surface area contributed by atoms with E-state index in [2.05, 4.69) is 36.1 Å². The van der Waals surface area contributed by atoms with Crippen molar-refractivity contribution in [2.45, 2.75) is 6.92 Å². The van der Waals surface area contributed by atoms with E-state index in [1.54, 1.807) is 12.3 Å². The number of rotatable bonds is 2. The van der Waals surface area contributed by atoms with E-state index < -0.39 is 0 Å². The van der Waals surface area contributed by atoms with Crippen molar-refractivity contribution in [2.75, 3.05) is 0 Å². The highest BCUT2D eigenvalue weighted by atomic mass is 79.9. The maximum Gasteiger partial charge on any atom is 0.185 e. The number of aryl methyl sites for hydroxylation is 1. The first-order chi connectivity index (χ1) is 9.65. The predicted molar refractivity (Wildman–Crippen MR) is 79.2 cm³/mol. The van der Waals surface area contributed by atoms with Crippen LogP contribution in [0.5, 0.6) is 5.75 Å². The van der Waals surface area contributed by atoms with Gasteiger partial charge < -0.3 is 5.11 Å². The molecule has 6 heteroatoms. The molecule has 0 unspecified atom stereocenters. The van der Waals surface area contributed by atoms with Crippen LogP contribution in [0.1, 0.15) is 5.56 Å². The minimum absolute atomic E-state index is 0.154. The first kappa shape index (κ1) is 12.8. The molecule has 0 saturated heterocycles. The number of pyridine rings is 1. The van der Waals surface area contributed by atoms with Crippen molar-refractivity contribution in [2.24, 2.45) is 0 Å². The number of halogens is 1. The number of phenols is 1. The standard InChI is InChI=1S/C14H11BrN4O/c1-8-4-5-11(20)9(7-8)13-17-14(19-18-13)12-10(15)3-2-6-16-12/h2-7,20H,1H3,(H,17,18,19). The fourth-order valence-corrected chi connectivity index (χ4v) is 2.32. The second-order valence-electron chi connectivity index (χ2n) is 4.36. The highest BCUT2D eigenvalue weighted by molar-refractivity contribution is 9.10. The zero-order chi connectivity index (χ0) is 14.1. The number of aromatic amines is 1. The smallest absolute Gasteiger partial charge is 0.185 e. The van der Waals surface area contributed by atoms with E-state index in [1.165, 1.54) is 0 Å². The highest BCUT2D eigenvalue weighted by Gasteiger charge is 2.13. The normalized spacial score (nSPS) is 10.7. The van der Waals surface area contributed by atoms with Crippen molar-refractivity contribution in [1.29, 1.82) is 0 Å². The van der Waals surface area contributed by atoms with Gasteiger partial charge in [0.15, 0.2) is 11.6 Å². The third-order valence-electron chi connectivity index (χ3n) is 2.86. The van der Waals surface area contributed by atoms with Crippen LogP contribution in [0.15, 0.2) is 41.0 Å². The van der Waals surface area contributed by atoms with Gasteiger partial charge in [0, 0.05) is 10.7 Å². The highest BCUT2D eigenvalue weighted by Crippen LogP contribution is 2.29. The Bertz CT molecular complexity index is 769. The van der Waals surface area contributed by atoms with Gasteiger partial charge in [-0.2, -0.15) is 5.10 Å². The second kappa shape index (κ2) is 5.05. The molecule has 5 nitrogen and oxygen atoms in total. The summed E-state index contributed by atoms with van der Waals surface area (Å²) in [5.41, 5.74) is 2.31. The summed E-state index contributed by atoms with van der Waals surface area (Å²) in [6.45, 7) is 1.95. The molecule has 3 aromatic rings. The summed E-state index contributed by atoms with van der Waals surface area (Å²) in [4.78, 5) is 8.65. The Labute approximate surface area is 123 Å². The molecule has 0 aliphatic rings. The fraction of sp³-hybridized carbons (Fsp3) is 0.0714. The van der Waals surface area contributed by atoms with Crippen LogP contribution in [-0.2, 0) is 0 Å². The molecule has 2 heterocycles. The molecule has 0 aliphatic heterocycles. The maximum atomic E-state index is 9.90. The van der Waals surface area contributed by atoms with Crippen molar-refractivity contribution in [1.82, 2.24) is 20.2 Å². The molecule has 100 valence electrons. The number of benzene rings is 1. The van der Waals surface area contributed by atoms with E-state index in [0.717, 1.165) is 10.0 Å². The van der Waals surface area contributed by atoms with Gasteiger partial charge >= 0.3 is 0 Å². The largest absolute Gasteiger partial charge is 0.507 e. The molecule has 0 amide bonds. The molecule has 2 N–H and O–H groups in total. The number of hydrogen-bond acceptors (Lipinski definition) is 4. The number of nitrogens with one attached hydrogen (secondary N) is 1. The van der Waals surface area contributed by atoms with Crippen molar-refractivity contribution in [3.8, 4) is 28.7 Å². The number of H-pyrrole nitrogens is 1. The molecule has 0 radical (unpaired) electrons. The molecular weight excluding hydrogens is 320 g/mol. The molecule has 3 rings (SSSR count). The van der Waals surface area contributed by atoms with Gasteiger partial charge in [0.05, 0.1) is 5.56 Å². The molecule has 2 aromatic heterocycles. The van der Waals surface area contributed by atoms with Crippen LogP contribution in [0.3, 0.4) is 0 Å². The van der Waals surface area contributed by atoms with Gasteiger partial charge in [-0.3, -0.25) is 10.1 Å². The van der Waals surface area contributed by atoms with E-state index in [1.807, 2.05) is 31.2 Å². The minimum Gasteiger partial charge on any atom is -0.507 e. The Balaban J connectivity index is 2.07. The van der Waals surface area contributed by atoms with Crippen molar-refractivity contribution >= 4 is 15.9 Å². The van der Waals surface area contributed by atoms with E-state index in [-0.39, 0.29) is 5.75 Å². The van der Waals surface area contributed by atoms with Crippen LogP contribution in [0, 0.1) is 6.92 Å². The van der Waals surface area contributed by atoms with Gasteiger partial charge in [-0.15, -0.1) is 0 Å². The lowest BCUT2D eigenvalue weighted by Gasteiger charge is -2.01. The van der Waals surface area contributed by atoms with Crippen molar-refractivity contribution < 1.29 is 5.11 Å². The molecule has 0 saturated carbocycles. The first-order valence-electron chi connectivity index (χ1n) is 5.98. The lowest BCUT2D eigenvalue weighted by Crippen LogP contribution is -1.87. The van der Waals surface area contributed by atoms with Crippen LogP contribution in [0.2, 0.25) is 0 Å². The molecular formula is C14H11BrN4O. The molecule has 0 atom stereocenters. The summed E-state index contributed by atoms with van der Waals surface area (Å²) in [5, 5.41) is 16.9. The van der Waals surface area contributed by atoms with E-state index in [9.17, 15) is 5.11 Å². The predicted octanol–water partition coefficient (Wildman–Crippen LogP) is 3.31. The molecule has 0 spiro atoms. The van der Waals surface area contributed by atoms with Gasteiger partial charge in [-0.05, 0) is 47.1 Å². The van der Waals surface area contributed by atoms with E-state index >= 15 is 0 Å². The summed E-state index contributed by atoms with van der Waals surface area (Å²) < 4.78 is 0.830. The summed E-state index contributed by atoms with van der Waals surface area (Å²) in [7, 11) is 0. The lowest BCUT2D eigenvalue weighted by molar-refractivity contribution is 0.477. The zero-order valence-electron chi connectivity index (χ0n) is 10.6. The van der Waals surface area contributed by atoms with Crippen molar-refractivity contribution in [3.63, 3.8) is 0 Å². The summed E-state index contributed by atoms with van der Waals surface area (Å²) >= 11 is 3.42. The number of aromatic nitrogens is 4. The van der Waals surface area contributed by atoms with Gasteiger partial charge in [0.1, 0.15) is 11.4 Å². The number of aromatic hydroxyl groups is 1. The average molecular weight is 331 g/mol. The van der Waals surface area contributed by atoms with Crippen LogP contribution in [0.25, 0.3) is 22.9 Å². The Hall–Kier alpha value is -2.21. The lowest BCUT2D eigenvalue weighted by atomic mass is 10.1. The zero-order valence-corrected chi connectivity index (χ0v) is 12.2. The van der Waals surface area contributed by atoms with E-state index in [0.29, 0.717) is 22.9 Å². The van der Waals surface area contributed by atoms with Crippen LogP contribution >= 0.6 is 15.9 Å². The van der Waals surface area contributed by atoms with Crippen LogP contribution in [-0.4, -0.2) is 25.3 Å². The summed E-state index contributed by atoms with van der Waals surface area (Å²) in [5.74, 6) is 1.15. The minimum atomic E-state index is 0.154. The Kier molecular flexibility index (Phi) is 3.23. The monoisotopic (exact) mass is 330 g/mol. The first-order valence-corrected chi connectivity index (χ1v) is 6.78. The Morgan fingerprint density at radius 3 is 2.90 bits per heavy atom. The molecule has 1 aromatic carbocycles. The maximum absolute atomic E-state index is 9.90. The summed E-state index contributed by atoms with van der Waals surface area (Å²) in [6.07, 6.45) is 1.69. The van der Waals surface area contributed by atoms with Crippen LogP contribution in [0.4, 0.5) is 0 Å². The van der Waals surface area contributed by atoms with Crippen molar-refractivity contribution in [3.05, 3.63) is 46.6 Å². The molecule has 20 heavy (non-hydrogen) atoms. The van der Waals surface area contributed by atoms with Gasteiger partial charge in [-0.25, -0.2) is 4.98 Å². The topological polar surface area (TPSA) is 74.7 Å². The molecule has 0 aliphatic carbocycles. The third-order valence-corrected chi connectivity index (χ3v) is 3.50. The van der Waals surface area contributed by atoms with Gasteiger partial charge in [0.25, 0.3) is 0 Å². The van der Waals surface area contributed by atoms with Gasteiger partial charge in [-0.1, -0.05) is 11.6 Å². The average Bonchev–Trinajstić information content (AvgIpc) is 2.91. The Morgan fingerprint density at radius 1 is 1.25 bits per heavy atom. The number of phenolic OH excluding ortho intramolecular Hbond substituents is 1. The quantitative estimate of drug-likeness (QED) is 0.755. The second-order valence-corrected chi connectivity index (χ2v) is 5.22. The SMILES string of the molecule is Cc1ccc(O)c(-c2n[nH]c(-c3ncccc3Br)n2)c1. The van der Waals surface area contributed by atoms with E-state index in [4.69, 9.17) is 0 Å². The Morgan fingerprint density at radius 2 is 2.10 bits per heavy atom. The fourth-order valence-electron chi connectivity index (χ4n) is 1.88.